The maximum atomic E-state index is 13.5. The fourth-order valence-corrected chi connectivity index (χ4v) is 2.49. The molecule has 0 aliphatic heterocycles. The maximum Gasteiger partial charge on any atom is 0.181 e. The largest absolute Gasteiger partial charge is 0.443 e. The molecular formula is C9H4Br2FNO. The third-order valence-corrected chi connectivity index (χ3v) is 2.77. The second kappa shape index (κ2) is 3.82. The predicted molar refractivity (Wildman–Crippen MR) is 57.3 cm³/mol. The van der Waals surface area contributed by atoms with Crippen LogP contribution in [0, 0.1) is 5.82 Å². The molecule has 2 nitrogen and oxygen atoms in total. The zero-order chi connectivity index (χ0) is 10.1. The van der Waals surface area contributed by atoms with Gasteiger partial charge in [0.1, 0.15) is 5.82 Å². The van der Waals surface area contributed by atoms with Crippen molar-refractivity contribution in [2.45, 2.75) is 0 Å². The van der Waals surface area contributed by atoms with Crippen LogP contribution in [0.2, 0.25) is 0 Å². The third kappa shape index (κ3) is 1.74. The van der Waals surface area contributed by atoms with Crippen molar-refractivity contribution >= 4 is 31.9 Å². The number of halogens is 3. The van der Waals surface area contributed by atoms with Crippen molar-refractivity contribution in [3.8, 4) is 11.3 Å². The van der Waals surface area contributed by atoms with Gasteiger partial charge >= 0.3 is 0 Å². The molecule has 1 heterocycles. The number of rotatable bonds is 1. The molecule has 0 aliphatic rings. The molecule has 1 aromatic heterocycles. The average Bonchev–Trinajstić information content (AvgIpc) is 2.54. The van der Waals surface area contributed by atoms with Crippen LogP contribution in [0.25, 0.3) is 11.3 Å². The molecule has 0 N–H and O–H groups in total. The van der Waals surface area contributed by atoms with Crippen LogP contribution in [0.15, 0.2) is 38.1 Å². The van der Waals surface area contributed by atoms with Gasteiger partial charge in [0.05, 0.1) is 11.8 Å². The third-order valence-electron chi connectivity index (χ3n) is 1.69. The van der Waals surface area contributed by atoms with Crippen LogP contribution in [-0.2, 0) is 0 Å². The predicted octanol–water partition coefficient (Wildman–Crippen LogP) is 4.01. The summed E-state index contributed by atoms with van der Waals surface area (Å²) in [6.45, 7) is 0. The van der Waals surface area contributed by atoms with Crippen LogP contribution in [0.1, 0.15) is 0 Å². The van der Waals surface area contributed by atoms with Crippen LogP contribution in [0.5, 0.6) is 0 Å². The standard InChI is InChI=1S/C9H4Br2FNO/c10-5-1-6(11)9(7(12)2-5)8-3-13-4-14-8/h1-4H. The molecule has 2 aromatic rings. The molecule has 0 unspecified atom stereocenters. The molecule has 0 atom stereocenters. The lowest BCUT2D eigenvalue weighted by Crippen LogP contribution is -1.84. The summed E-state index contributed by atoms with van der Waals surface area (Å²) in [5.74, 6) is 0.0462. The first kappa shape index (κ1) is 9.86. The molecule has 5 heteroatoms. The Bertz CT molecular complexity index is 433. The van der Waals surface area contributed by atoms with Crippen LogP contribution >= 0.6 is 31.9 Å². The quantitative estimate of drug-likeness (QED) is 0.793. The average molecular weight is 321 g/mol. The van der Waals surface area contributed by atoms with Gasteiger partial charge in [0.2, 0.25) is 0 Å². The topological polar surface area (TPSA) is 26.0 Å². The Kier molecular flexibility index (Phi) is 2.69. The Morgan fingerprint density at radius 1 is 1.29 bits per heavy atom. The van der Waals surface area contributed by atoms with Crippen LogP contribution < -0.4 is 0 Å². The highest BCUT2D eigenvalue weighted by molar-refractivity contribution is 9.11. The lowest BCUT2D eigenvalue weighted by Gasteiger charge is -2.02. The summed E-state index contributed by atoms with van der Waals surface area (Å²) in [6, 6.07) is 3.13. The Morgan fingerprint density at radius 3 is 2.64 bits per heavy atom. The van der Waals surface area contributed by atoms with Crippen molar-refractivity contribution < 1.29 is 8.81 Å². The van der Waals surface area contributed by atoms with Gasteiger partial charge in [-0.2, -0.15) is 0 Å². The van der Waals surface area contributed by atoms with Gasteiger partial charge < -0.3 is 4.42 Å². The highest BCUT2D eigenvalue weighted by atomic mass is 79.9. The monoisotopic (exact) mass is 319 g/mol. The Labute approximate surface area is 96.4 Å². The lowest BCUT2D eigenvalue weighted by atomic mass is 10.2. The van der Waals surface area contributed by atoms with Crippen molar-refractivity contribution in [3.05, 3.63) is 39.5 Å². The van der Waals surface area contributed by atoms with Gasteiger partial charge in [-0.25, -0.2) is 9.37 Å². The van der Waals surface area contributed by atoms with E-state index in [0.717, 1.165) is 0 Å². The second-order valence-electron chi connectivity index (χ2n) is 2.61. The molecule has 0 amide bonds. The Balaban J connectivity index is 2.64. The van der Waals surface area contributed by atoms with Crippen molar-refractivity contribution in [3.63, 3.8) is 0 Å². The van der Waals surface area contributed by atoms with Crippen molar-refractivity contribution in [1.29, 1.82) is 0 Å². The van der Waals surface area contributed by atoms with E-state index in [-0.39, 0.29) is 5.82 Å². The molecular weight excluding hydrogens is 317 g/mol. The molecule has 14 heavy (non-hydrogen) atoms. The van der Waals surface area contributed by atoms with Gasteiger partial charge in [-0.05, 0) is 28.1 Å². The van der Waals surface area contributed by atoms with E-state index in [9.17, 15) is 4.39 Å². The first-order valence-electron chi connectivity index (χ1n) is 3.72. The highest BCUT2D eigenvalue weighted by Gasteiger charge is 2.13. The van der Waals surface area contributed by atoms with Gasteiger partial charge in [-0.15, -0.1) is 0 Å². The molecule has 72 valence electrons. The van der Waals surface area contributed by atoms with E-state index in [0.29, 0.717) is 20.3 Å². The molecule has 1 aromatic carbocycles. The zero-order valence-corrected chi connectivity index (χ0v) is 9.97. The van der Waals surface area contributed by atoms with E-state index in [1.54, 1.807) is 6.07 Å². The van der Waals surface area contributed by atoms with Crippen molar-refractivity contribution in [2.75, 3.05) is 0 Å². The van der Waals surface area contributed by atoms with E-state index >= 15 is 0 Å². The molecule has 0 saturated carbocycles. The Hall–Kier alpha value is -0.680. The summed E-state index contributed by atoms with van der Waals surface area (Å²) in [6.07, 6.45) is 2.74. The van der Waals surface area contributed by atoms with Crippen molar-refractivity contribution in [2.24, 2.45) is 0 Å². The first-order chi connectivity index (χ1) is 6.68. The van der Waals surface area contributed by atoms with Gasteiger partial charge in [0.25, 0.3) is 0 Å². The van der Waals surface area contributed by atoms with Gasteiger partial charge in [-0.3, -0.25) is 0 Å². The number of benzene rings is 1. The SMILES string of the molecule is Fc1cc(Br)cc(Br)c1-c1cnco1. The summed E-state index contributed by atoms with van der Waals surface area (Å²) >= 11 is 6.46. The summed E-state index contributed by atoms with van der Waals surface area (Å²) < 4.78 is 19.8. The molecule has 2 rings (SSSR count). The van der Waals surface area contributed by atoms with E-state index in [4.69, 9.17) is 4.42 Å². The fourth-order valence-electron chi connectivity index (χ4n) is 1.12. The molecule has 0 spiro atoms. The second-order valence-corrected chi connectivity index (χ2v) is 4.38. The summed E-state index contributed by atoms with van der Waals surface area (Å²) in [5.41, 5.74) is 0.380. The minimum Gasteiger partial charge on any atom is -0.443 e. The zero-order valence-electron chi connectivity index (χ0n) is 6.80. The first-order valence-corrected chi connectivity index (χ1v) is 5.30. The summed E-state index contributed by atoms with van der Waals surface area (Å²) in [4.78, 5) is 3.74. The van der Waals surface area contributed by atoms with E-state index in [1.807, 2.05) is 0 Å². The van der Waals surface area contributed by atoms with Gasteiger partial charge in [0, 0.05) is 8.95 Å². The van der Waals surface area contributed by atoms with Gasteiger partial charge in [-0.1, -0.05) is 15.9 Å². The molecule has 0 aliphatic carbocycles. The van der Waals surface area contributed by atoms with Crippen LogP contribution in [0.4, 0.5) is 4.39 Å². The number of hydrogen-bond acceptors (Lipinski definition) is 2. The van der Waals surface area contributed by atoms with E-state index < -0.39 is 0 Å². The molecule has 0 bridgehead atoms. The smallest absolute Gasteiger partial charge is 0.181 e. The molecule has 0 radical (unpaired) electrons. The minimum absolute atomic E-state index is 0.358. The summed E-state index contributed by atoms with van der Waals surface area (Å²) in [5, 5.41) is 0. The number of nitrogens with zero attached hydrogens (tertiary/aromatic N) is 1. The van der Waals surface area contributed by atoms with Crippen LogP contribution in [-0.4, -0.2) is 4.98 Å². The normalized spacial score (nSPS) is 10.5. The lowest BCUT2D eigenvalue weighted by molar-refractivity contribution is 0.560. The fraction of sp³-hybridized carbons (Fsp3) is 0. The Morgan fingerprint density at radius 2 is 2.07 bits per heavy atom. The number of oxazole rings is 1. The number of hydrogen-bond donors (Lipinski definition) is 0. The van der Waals surface area contributed by atoms with Crippen LogP contribution in [0.3, 0.4) is 0 Å². The maximum absolute atomic E-state index is 13.5. The van der Waals surface area contributed by atoms with Crippen molar-refractivity contribution in [1.82, 2.24) is 4.98 Å². The van der Waals surface area contributed by atoms with Gasteiger partial charge in [0.15, 0.2) is 12.2 Å². The molecule has 0 saturated heterocycles. The van der Waals surface area contributed by atoms with E-state index in [2.05, 4.69) is 36.8 Å². The minimum atomic E-state index is -0.358. The molecule has 0 fully saturated rings. The summed E-state index contributed by atoms with van der Waals surface area (Å²) in [7, 11) is 0. The highest BCUT2D eigenvalue weighted by Crippen LogP contribution is 2.33. The number of aromatic nitrogens is 1. The van der Waals surface area contributed by atoms with E-state index in [1.165, 1.54) is 18.7 Å².